The van der Waals surface area contributed by atoms with Crippen molar-refractivity contribution in [3.8, 4) is 0 Å². The molecule has 0 aromatic heterocycles. The molecule has 12 heavy (non-hydrogen) atoms. The highest BCUT2D eigenvalue weighted by Gasteiger charge is 2.28. The van der Waals surface area contributed by atoms with Crippen LogP contribution in [0.15, 0.2) is 11.8 Å². The number of nitrogens with zero attached hydrogens (tertiary/aromatic N) is 1. The van der Waals surface area contributed by atoms with Crippen molar-refractivity contribution in [2.45, 2.75) is 6.92 Å². The van der Waals surface area contributed by atoms with E-state index in [1.807, 2.05) is 0 Å². The molecule has 4 heteroatoms. The molecule has 1 amide bonds. The Hall–Kier alpha value is -1.32. The number of carbonyl (C=O) groups excluding carboxylic acids is 1. The van der Waals surface area contributed by atoms with Crippen LogP contribution in [0.3, 0.4) is 0 Å². The minimum absolute atomic E-state index is 0.134. The van der Waals surface area contributed by atoms with Crippen molar-refractivity contribution in [1.29, 1.82) is 5.41 Å². The maximum absolute atomic E-state index is 11.4. The minimum Gasteiger partial charge on any atom is -0.404 e. The molecule has 0 saturated carbocycles. The predicted octanol–water partition coefficient (Wildman–Crippen LogP) is -0.0431. The summed E-state index contributed by atoms with van der Waals surface area (Å²) in [5.74, 6) is 0.448. The van der Waals surface area contributed by atoms with Gasteiger partial charge in [0.2, 0.25) is 0 Å². The van der Waals surface area contributed by atoms with Crippen molar-refractivity contribution in [2.24, 2.45) is 11.7 Å². The summed E-state index contributed by atoms with van der Waals surface area (Å²) in [6, 6.07) is 0. The standard InChI is InChI=1S/C8H13N3O/c1-6-4-11(5-6)8(12)7(2-9)3-10/h2-3,6,9H,4-5,10H2,1H3/b7-3+,9-2?. The summed E-state index contributed by atoms with van der Waals surface area (Å²) in [5.41, 5.74) is 5.44. The molecule has 1 rings (SSSR count). The third kappa shape index (κ3) is 1.47. The van der Waals surface area contributed by atoms with Crippen molar-refractivity contribution in [3.63, 3.8) is 0 Å². The molecule has 0 aromatic carbocycles. The van der Waals surface area contributed by atoms with E-state index in [4.69, 9.17) is 11.1 Å². The van der Waals surface area contributed by atoms with E-state index in [1.54, 1.807) is 4.90 Å². The maximum atomic E-state index is 11.4. The molecule has 0 bridgehead atoms. The average Bonchev–Trinajstić information content (AvgIpc) is 2.01. The number of nitrogens with two attached hydrogens (primary N) is 1. The molecule has 1 aliphatic rings. The van der Waals surface area contributed by atoms with Gasteiger partial charge in [-0.05, 0) is 5.92 Å². The molecule has 3 N–H and O–H groups in total. The molecule has 0 aromatic rings. The smallest absolute Gasteiger partial charge is 0.256 e. The van der Waals surface area contributed by atoms with Crippen LogP contribution in [-0.2, 0) is 4.79 Å². The molecule has 4 nitrogen and oxygen atoms in total. The van der Waals surface area contributed by atoms with E-state index in [9.17, 15) is 4.79 Å². The van der Waals surface area contributed by atoms with E-state index in [2.05, 4.69) is 6.92 Å². The molecule has 1 saturated heterocycles. The van der Waals surface area contributed by atoms with Crippen molar-refractivity contribution in [1.82, 2.24) is 4.90 Å². The van der Waals surface area contributed by atoms with E-state index in [-0.39, 0.29) is 11.5 Å². The highest BCUT2D eigenvalue weighted by atomic mass is 16.2. The monoisotopic (exact) mass is 167 g/mol. The summed E-state index contributed by atoms with van der Waals surface area (Å²) >= 11 is 0. The lowest BCUT2D eigenvalue weighted by molar-refractivity contribution is -0.132. The first-order chi connectivity index (χ1) is 5.69. The van der Waals surface area contributed by atoms with Crippen LogP contribution in [0.1, 0.15) is 6.92 Å². The van der Waals surface area contributed by atoms with Gasteiger partial charge in [-0.2, -0.15) is 0 Å². The van der Waals surface area contributed by atoms with E-state index >= 15 is 0 Å². The molecule has 0 atom stereocenters. The van der Waals surface area contributed by atoms with Gasteiger partial charge >= 0.3 is 0 Å². The number of hydrogen-bond donors (Lipinski definition) is 2. The second kappa shape index (κ2) is 3.38. The topological polar surface area (TPSA) is 70.2 Å². The van der Waals surface area contributed by atoms with Gasteiger partial charge in [-0.25, -0.2) is 0 Å². The zero-order valence-corrected chi connectivity index (χ0v) is 7.08. The van der Waals surface area contributed by atoms with Gasteiger partial charge in [-0.1, -0.05) is 6.92 Å². The van der Waals surface area contributed by atoms with Gasteiger partial charge in [0.1, 0.15) is 0 Å². The Morgan fingerprint density at radius 3 is 2.58 bits per heavy atom. The van der Waals surface area contributed by atoms with Gasteiger partial charge in [-0.3, -0.25) is 4.79 Å². The lowest BCUT2D eigenvalue weighted by Gasteiger charge is -2.37. The van der Waals surface area contributed by atoms with Gasteiger partial charge in [-0.15, -0.1) is 0 Å². The summed E-state index contributed by atoms with van der Waals surface area (Å²) in [6.45, 7) is 3.65. The third-order valence-electron chi connectivity index (χ3n) is 1.93. The number of likely N-dealkylation sites (tertiary alicyclic amines) is 1. The second-order valence-corrected chi connectivity index (χ2v) is 3.08. The Morgan fingerprint density at radius 1 is 1.67 bits per heavy atom. The molecule has 0 unspecified atom stereocenters. The Labute approximate surface area is 71.5 Å². The number of nitrogens with one attached hydrogen (secondary N) is 1. The van der Waals surface area contributed by atoms with E-state index in [0.717, 1.165) is 19.3 Å². The first kappa shape index (κ1) is 8.77. The number of hydrogen-bond acceptors (Lipinski definition) is 3. The van der Waals surface area contributed by atoms with Crippen LogP contribution in [0, 0.1) is 11.3 Å². The molecular weight excluding hydrogens is 154 g/mol. The van der Waals surface area contributed by atoms with Crippen molar-refractivity contribution < 1.29 is 4.79 Å². The fourth-order valence-corrected chi connectivity index (χ4v) is 1.23. The summed E-state index contributed by atoms with van der Waals surface area (Å²) in [6.07, 6.45) is 2.17. The van der Waals surface area contributed by atoms with Crippen LogP contribution >= 0.6 is 0 Å². The first-order valence-corrected chi connectivity index (χ1v) is 3.90. The molecule has 1 aliphatic heterocycles. The fourth-order valence-electron chi connectivity index (χ4n) is 1.23. The van der Waals surface area contributed by atoms with E-state index in [0.29, 0.717) is 5.92 Å². The largest absolute Gasteiger partial charge is 0.404 e. The lowest BCUT2D eigenvalue weighted by atomic mass is 10.0. The van der Waals surface area contributed by atoms with Crippen LogP contribution < -0.4 is 5.73 Å². The Bertz CT molecular complexity index is 228. The zero-order chi connectivity index (χ0) is 9.14. The van der Waals surface area contributed by atoms with Gasteiger partial charge in [0.25, 0.3) is 5.91 Å². The van der Waals surface area contributed by atoms with Crippen LogP contribution in [-0.4, -0.2) is 30.1 Å². The second-order valence-electron chi connectivity index (χ2n) is 3.08. The summed E-state index contributed by atoms with van der Waals surface area (Å²) in [7, 11) is 0. The maximum Gasteiger partial charge on any atom is 0.256 e. The van der Waals surface area contributed by atoms with E-state index < -0.39 is 0 Å². The highest BCUT2D eigenvalue weighted by molar-refractivity contribution is 6.11. The van der Waals surface area contributed by atoms with Crippen molar-refractivity contribution in [2.75, 3.05) is 13.1 Å². The fraction of sp³-hybridized carbons (Fsp3) is 0.500. The zero-order valence-electron chi connectivity index (χ0n) is 7.08. The minimum atomic E-state index is -0.134. The molecule has 1 heterocycles. The molecule has 0 radical (unpaired) electrons. The highest BCUT2D eigenvalue weighted by Crippen LogP contribution is 2.15. The molecular formula is C8H13N3O. The number of carbonyl (C=O) groups is 1. The summed E-state index contributed by atoms with van der Waals surface area (Å²) < 4.78 is 0. The average molecular weight is 167 g/mol. The van der Waals surface area contributed by atoms with E-state index in [1.165, 1.54) is 6.20 Å². The number of rotatable bonds is 2. The summed E-state index contributed by atoms with van der Waals surface area (Å²) in [5, 5.41) is 6.91. The molecule has 0 spiro atoms. The molecule has 0 aliphatic carbocycles. The van der Waals surface area contributed by atoms with Gasteiger partial charge < -0.3 is 16.0 Å². The van der Waals surface area contributed by atoms with Crippen molar-refractivity contribution >= 4 is 12.1 Å². The SMILES string of the molecule is CC1CN(C(=O)/C(C=N)=C/N)C1. The predicted molar refractivity (Wildman–Crippen MR) is 46.8 cm³/mol. The van der Waals surface area contributed by atoms with Crippen LogP contribution in [0.4, 0.5) is 0 Å². The Morgan fingerprint density at radius 2 is 2.25 bits per heavy atom. The Kier molecular flexibility index (Phi) is 2.47. The van der Waals surface area contributed by atoms with Gasteiger partial charge in [0.15, 0.2) is 0 Å². The molecule has 66 valence electrons. The van der Waals surface area contributed by atoms with Crippen LogP contribution in [0.5, 0.6) is 0 Å². The van der Waals surface area contributed by atoms with Crippen molar-refractivity contribution in [3.05, 3.63) is 11.8 Å². The first-order valence-electron chi connectivity index (χ1n) is 3.90. The van der Waals surface area contributed by atoms with Gasteiger partial charge in [0.05, 0.1) is 5.57 Å². The van der Waals surface area contributed by atoms with Crippen LogP contribution in [0.2, 0.25) is 0 Å². The van der Waals surface area contributed by atoms with Crippen LogP contribution in [0.25, 0.3) is 0 Å². The normalized spacial score (nSPS) is 18.8. The lowest BCUT2D eigenvalue weighted by Crippen LogP contribution is -2.49. The number of amides is 1. The summed E-state index contributed by atoms with van der Waals surface area (Å²) in [4.78, 5) is 13.0. The molecule has 1 fully saturated rings. The quantitative estimate of drug-likeness (QED) is 0.447. The Balaban J connectivity index is 2.53. The third-order valence-corrected chi connectivity index (χ3v) is 1.93. The van der Waals surface area contributed by atoms with Gasteiger partial charge in [0, 0.05) is 25.5 Å².